The highest BCUT2D eigenvalue weighted by atomic mass is 32.2. The smallest absolute Gasteiger partial charge is 0.188 e. The van der Waals surface area contributed by atoms with Crippen LogP contribution in [0.2, 0.25) is 0 Å². The molecule has 1 aromatic rings. The van der Waals surface area contributed by atoms with E-state index in [9.17, 15) is 0 Å². The highest BCUT2D eigenvalue weighted by Crippen LogP contribution is 2.31. The van der Waals surface area contributed by atoms with Gasteiger partial charge in [0.2, 0.25) is 0 Å². The van der Waals surface area contributed by atoms with Crippen LogP contribution in [0.4, 0.5) is 0 Å². The van der Waals surface area contributed by atoms with E-state index in [0.29, 0.717) is 11.3 Å². The second kappa shape index (κ2) is 7.99. The Morgan fingerprint density at radius 3 is 2.40 bits per heavy atom. The molecule has 1 aliphatic rings. The van der Waals surface area contributed by atoms with Crippen LogP contribution in [-0.2, 0) is 0 Å². The first-order chi connectivity index (χ1) is 9.69. The third-order valence-electron chi connectivity index (χ3n) is 3.89. The zero-order chi connectivity index (χ0) is 14.4. The van der Waals surface area contributed by atoms with Crippen LogP contribution in [-0.4, -0.2) is 27.8 Å². The molecule has 2 rings (SSSR count). The number of hydrogen-bond acceptors (Lipinski definition) is 4. The molecule has 1 aliphatic carbocycles. The topological polar surface area (TPSA) is 37.8 Å². The van der Waals surface area contributed by atoms with Crippen LogP contribution < -0.4 is 5.32 Å². The van der Waals surface area contributed by atoms with Crippen LogP contribution in [0.3, 0.4) is 0 Å². The molecule has 1 heterocycles. The van der Waals surface area contributed by atoms with Crippen molar-refractivity contribution < 1.29 is 0 Å². The molecule has 1 N–H and O–H groups in total. The SMILES string of the molecule is CCNC1CCCCCCC1Sc1nc(C)cc(C)n1. The Morgan fingerprint density at radius 2 is 1.75 bits per heavy atom. The number of aromatic nitrogens is 2. The molecule has 0 aliphatic heterocycles. The molecule has 0 spiro atoms. The lowest BCUT2D eigenvalue weighted by atomic mass is 9.96. The maximum Gasteiger partial charge on any atom is 0.188 e. The van der Waals surface area contributed by atoms with E-state index >= 15 is 0 Å². The van der Waals surface area contributed by atoms with Crippen LogP contribution in [0.15, 0.2) is 11.2 Å². The van der Waals surface area contributed by atoms with Gasteiger partial charge in [0, 0.05) is 22.7 Å². The van der Waals surface area contributed by atoms with Gasteiger partial charge in [-0.25, -0.2) is 9.97 Å². The van der Waals surface area contributed by atoms with Crippen LogP contribution in [0.1, 0.15) is 56.8 Å². The number of rotatable bonds is 4. The monoisotopic (exact) mass is 293 g/mol. The summed E-state index contributed by atoms with van der Waals surface area (Å²) >= 11 is 1.88. The zero-order valence-electron chi connectivity index (χ0n) is 13.0. The van der Waals surface area contributed by atoms with Gasteiger partial charge >= 0.3 is 0 Å². The van der Waals surface area contributed by atoms with Crippen LogP contribution in [0.5, 0.6) is 0 Å². The summed E-state index contributed by atoms with van der Waals surface area (Å²) in [5.41, 5.74) is 2.15. The number of aryl methyl sites for hydroxylation is 2. The molecule has 0 bridgehead atoms. The average Bonchev–Trinajstić information content (AvgIpc) is 2.36. The molecule has 2 atom stereocenters. The van der Waals surface area contributed by atoms with Crippen molar-refractivity contribution in [3.8, 4) is 0 Å². The fourth-order valence-corrected chi connectivity index (χ4v) is 4.31. The molecule has 0 radical (unpaired) electrons. The summed E-state index contributed by atoms with van der Waals surface area (Å²) < 4.78 is 0. The standard InChI is InChI=1S/C16H27N3S/c1-4-17-14-9-7-5-6-8-10-15(14)20-16-18-12(2)11-13(3)19-16/h11,14-15,17H,4-10H2,1-3H3. The van der Waals surface area contributed by atoms with E-state index < -0.39 is 0 Å². The first-order valence-corrected chi connectivity index (χ1v) is 8.79. The Balaban J connectivity index is 2.08. The fraction of sp³-hybridized carbons (Fsp3) is 0.750. The van der Waals surface area contributed by atoms with Crippen molar-refractivity contribution in [3.05, 3.63) is 17.5 Å². The van der Waals surface area contributed by atoms with Gasteiger partial charge in [0.25, 0.3) is 0 Å². The van der Waals surface area contributed by atoms with Crippen molar-refractivity contribution >= 4 is 11.8 Å². The highest BCUT2D eigenvalue weighted by Gasteiger charge is 2.24. The summed E-state index contributed by atoms with van der Waals surface area (Å²) in [4.78, 5) is 9.20. The van der Waals surface area contributed by atoms with Gasteiger partial charge in [-0.05, 0) is 39.3 Å². The largest absolute Gasteiger partial charge is 0.313 e. The van der Waals surface area contributed by atoms with E-state index in [0.717, 1.165) is 23.1 Å². The van der Waals surface area contributed by atoms with E-state index in [2.05, 4.69) is 36.1 Å². The quantitative estimate of drug-likeness (QED) is 0.855. The first kappa shape index (κ1) is 15.8. The Kier molecular flexibility index (Phi) is 6.30. The Morgan fingerprint density at radius 1 is 1.10 bits per heavy atom. The molecule has 0 saturated heterocycles. The summed E-state index contributed by atoms with van der Waals surface area (Å²) in [6.45, 7) is 7.36. The summed E-state index contributed by atoms with van der Waals surface area (Å²) in [6, 6.07) is 2.65. The molecule has 112 valence electrons. The minimum Gasteiger partial charge on any atom is -0.313 e. The highest BCUT2D eigenvalue weighted by molar-refractivity contribution is 7.99. The predicted octanol–water partition coefficient (Wildman–Crippen LogP) is 3.89. The van der Waals surface area contributed by atoms with Crippen molar-refractivity contribution in [2.45, 2.75) is 75.7 Å². The van der Waals surface area contributed by atoms with Crippen molar-refractivity contribution in [1.29, 1.82) is 0 Å². The third-order valence-corrected chi connectivity index (χ3v) is 5.15. The van der Waals surface area contributed by atoms with Crippen LogP contribution in [0.25, 0.3) is 0 Å². The normalized spacial score (nSPS) is 24.1. The van der Waals surface area contributed by atoms with Crippen molar-refractivity contribution in [1.82, 2.24) is 15.3 Å². The fourth-order valence-electron chi connectivity index (χ4n) is 2.97. The van der Waals surface area contributed by atoms with Gasteiger partial charge in [0.1, 0.15) is 0 Å². The van der Waals surface area contributed by atoms with Crippen LogP contribution >= 0.6 is 11.8 Å². The van der Waals surface area contributed by atoms with Gasteiger partial charge < -0.3 is 5.32 Å². The van der Waals surface area contributed by atoms with E-state index in [1.165, 1.54) is 38.5 Å². The van der Waals surface area contributed by atoms with Gasteiger partial charge in [-0.3, -0.25) is 0 Å². The average molecular weight is 293 g/mol. The van der Waals surface area contributed by atoms with Crippen molar-refractivity contribution in [2.24, 2.45) is 0 Å². The Hall–Kier alpha value is -0.610. The number of nitrogens with zero attached hydrogens (tertiary/aromatic N) is 2. The van der Waals surface area contributed by atoms with Crippen LogP contribution in [0, 0.1) is 13.8 Å². The molecule has 4 heteroatoms. The van der Waals surface area contributed by atoms with Crippen molar-refractivity contribution in [3.63, 3.8) is 0 Å². The summed E-state index contributed by atoms with van der Waals surface area (Å²) in [5, 5.41) is 5.24. The third kappa shape index (κ3) is 4.74. The summed E-state index contributed by atoms with van der Waals surface area (Å²) in [7, 11) is 0. The first-order valence-electron chi connectivity index (χ1n) is 7.91. The van der Waals surface area contributed by atoms with Crippen molar-refractivity contribution in [2.75, 3.05) is 6.54 Å². The van der Waals surface area contributed by atoms with Gasteiger partial charge in [0.15, 0.2) is 5.16 Å². The molecule has 0 aromatic carbocycles. The number of hydrogen-bond donors (Lipinski definition) is 1. The maximum absolute atomic E-state index is 4.60. The van der Waals surface area contributed by atoms with E-state index in [-0.39, 0.29) is 0 Å². The number of nitrogens with one attached hydrogen (secondary N) is 1. The summed E-state index contributed by atoms with van der Waals surface area (Å²) in [5.74, 6) is 0. The van der Waals surface area contributed by atoms with Gasteiger partial charge in [-0.15, -0.1) is 0 Å². The minimum atomic E-state index is 0.606. The second-order valence-corrected chi connectivity index (χ2v) is 6.95. The van der Waals surface area contributed by atoms with E-state index in [4.69, 9.17) is 0 Å². The molecule has 1 saturated carbocycles. The maximum atomic E-state index is 4.60. The molecule has 0 amide bonds. The van der Waals surface area contributed by atoms with Gasteiger partial charge in [-0.1, -0.05) is 44.4 Å². The Bertz CT molecular complexity index is 402. The van der Waals surface area contributed by atoms with E-state index in [1.807, 2.05) is 17.8 Å². The molecular weight excluding hydrogens is 266 g/mol. The van der Waals surface area contributed by atoms with E-state index in [1.54, 1.807) is 0 Å². The molecular formula is C16H27N3S. The van der Waals surface area contributed by atoms with Gasteiger partial charge in [0.05, 0.1) is 0 Å². The lowest BCUT2D eigenvalue weighted by molar-refractivity contribution is 0.405. The lowest BCUT2D eigenvalue weighted by Gasteiger charge is -2.29. The minimum absolute atomic E-state index is 0.606. The predicted molar refractivity (Wildman–Crippen MR) is 86.3 cm³/mol. The molecule has 1 fully saturated rings. The zero-order valence-corrected chi connectivity index (χ0v) is 13.8. The van der Waals surface area contributed by atoms with Gasteiger partial charge in [-0.2, -0.15) is 0 Å². The summed E-state index contributed by atoms with van der Waals surface area (Å²) in [6.07, 6.45) is 8.02. The molecule has 3 nitrogen and oxygen atoms in total. The number of thioether (sulfide) groups is 1. The molecule has 20 heavy (non-hydrogen) atoms. The second-order valence-electron chi connectivity index (χ2n) is 5.75. The molecule has 1 aromatic heterocycles. The molecule has 2 unspecified atom stereocenters. The lowest BCUT2D eigenvalue weighted by Crippen LogP contribution is -2.38. The Labute approximate surface area is 127 Å².